The van der Waals surface area contributed by atoms with Crippen molar-refractivity contribution in [2.75, 3.05) is 0 Å². The lowest BCUT2D eigenvalue weighted by atomic mass is 9.84. The first-order chi connectivity index (χ1) is 16.2. The number of aliphatic hydroxyl groups is 1. The molecule has 0 bridgehead atoms. The van der Waals surface area contributed by atoms with Gasteiger partial charge < -0.3 is 5.11 Å². The van der Waals surface area contributed by atoms with Gasteiger partial charge in [0, 0.05) is 0 Å². The van der Waals surface area contributed by atoms with Crippen molar-refractivity contribution in [1.82, 2.24) is 0 Å². The smallest absolute Gasteiger partial charge is 0.0978 e. The molecule has 0 saturated heterocycles. The molecule has 33 heavy (non-hydrogen) atoms. The first kappa shape index (κ1) is 23.3. The number of benzene rings is 3. The van der Waals surface area contributed by atoms with Crippen molar-refractivity contribution < 1.29 is 5.11 Å². The molecular formula is C32H36O. The minimum atomic E-state index is -0.621. The summed E-state index contributed by atoms with van der Waals surface area (Å²) < 4.78 is 0. The lowest BCUT2D eigenvalue weighted by Gasteiger charge is -2.18. The average Bonchev–Trinajstić information content (AvgIpc) is 3.54. The summed E-state index contributed by atoms with van der Waals surface area (Å²) in [6.07, 6.45) is 8.55. The quantitative estimate of drug-likeness (QED) is 0.339. The molecule has 0 spiro atoms. The molecule has 0 radical (unpaired) electrons. The number of unbranched alkanes of at least 4 members (excludes halogenated alkanes) is 2. The Kier molecular flexibility index (Phi) is 7.62. The normalized spacial score (nSPS) is 16.6. The average molecular weight is 437 g/mol. The SMILES string of the molecule is CCCCC(CCCC)=C1/C(=C/C(O)c2ccccc2)C1(c1ccccc1)c1ccccc1. The molecule has 0 amide bonds. The zero-order valence-electron chi connectivity index (χ0n) is 20.0. The first-order valence-electron chi connectivity index (χ1n) is 12.5. The molecule has 1 fully saturated rings. The predicted octanol–water partition coefficient (Wildman–Crippen LogP) is 8.32. The molecule has 0 heterocycles. The van der Waals surface area contributed by atoms with Crippen LogP contribution in [0.15, 0.2) is 114 Å². The summed E-state index contributed by atoms with van der Waals surface area (Å²) in [4.78, 5) is 0. The van der Waals surface area contributed by atoms with Gasteiger partial charge in [-0.25, -0.2) is 0 Å². The van der Waals surface area contributed by atoms with Crippen LogP contribution in [0.25, 0.3) is 0 Å². The Morgan fingerprint density at radius 2 is 1.18 bits per heavy atom. The minimum Gasteiger partial charge on any atom is -0.384 e. The summed E-state index contributed by atoms with van der Waals surface area (Å²) in [5.41, 5.74) is 7.55. The van der Waals surface area contributed by atoms with Crippen molar-refractivity contribution in [2.45, 2.75) is 63.9 Å². The molecule has 1 N–H and O–H groups in total. The van der Waals surface area contributed by atoms with Gasteiger partial charge in [0.15, 0.2) is 0 Å². The predicted molar refractivity (Wildman–Crippen MR) is 139 cm³/mol. The molecule has 3 aromatic carbocycles. The third kappa shape index (κ3) is 4.75. The van der Waals surface area contributed by atoms with Gasteiger partial charge in [0.1, 0.15) is 0 Å². The summed E-state index contributed by atoms with van der Waals surface area (Å²) in [6.45, 7) is 4.54. The topological polar surface area (TPSA) is 20.2 Å². The van der Waals surface area contributed by atoms with Crippen LogP contribution in [0.2, 0.25) is 0 Å². The lowest BCUT2D eigenvalue weighted by Crippen LogP contribution is -2.11. The van der Waals surface area contributed by atoms with Crippen molar-refractivity contribution in [3.63, 3.8) is 0 Å². The largest absolute Gasteiger partial charge is 0.384 e. The standard InChI is InChI=1S/C32H36O/c1-3-5-16-26(17-6-4-2)31-29(24-30(33)25-18-10-7-11-19-25)32(31,27-20-12-8-13-21-27)28-22-14-9-15-23-28/h7-15,18-24,30,33H,3-6,16-17H2,1-2H3/b29-24-. The zero-order chi connectivity index (χ0) is 23.1. The van der Waals surface area contributed by atoms with E-state index in [9.17, 15) is 5.11 Å². The van der Waals surface area contributed by atoms with E-state index in [1.165, 1.54) is 48.0 Å². The number of hydrogen-bond donors (Lipinski definition) is 1. The van der Waals surface area contributed by atoms with Gasteiger partial charge in [-0.1, -0.05) is 123 Å². The molecule has 1 aliphatic carbocycles. The Morgan fingerprint density at radius 3 is 1.64 bits per heavy atom. The molecule has 1 heteroatoms. The third-order valence-electron chi connectivity index (χ3n) is 6.88. The van der Waals surface area contributed by atoms with Crippen LogP contribution in [-0.4, -0.2) is 5.11 Å². The summed E-state index contributed by atoms with van der Waals surface area (Å²) in [5.74, 6) is 0. The highest BCUT2D eigenvalue weighted by Crippen LogP contribution is 2.65. The van der Waals surface area contributed by atoms with Gasteiger partial charge in [-0.05, 0) is 59.6 Å². The maximum atomic E-state index is 11.2. The summed E-state index contributed by atoms with van der Waals surface area (Å²) in [7, 11) is 0. The Balaban J connectivity index is 1.93. The van der Waals surface area contributed by atoms with E-state index < -0.39 is 6.10 Å². The monoisotopic (exact) mass is 436 g/mol. The first-order valence-corrected chi connectivity index (χ1v) is 12.5. The molecule has 3 aromatic rings. The van der Waals surface area contributed by atoms with Gasteiger partial charge in [-0.15, -0.1) is 0 Å². The molecule has 1 nitrogen and oxygen atoms in total. The van der Waals surface area contributed by atoms with Crippen LogP contribution in [0.5, 0.6) is 0 Å². The van der Waals surface area contributed by atoms with Gasteiger partial charge in [-0.3, -0.25) is 0 Å². The van der Waals surface area contributed by atoms with Gasteiger partial charge in [0.05, 0.1) is 11.5 Å². The van der Waals surface area contributed by atoms with E-state index in [1.807, 2.05) is 30.3 Å². The van der Waals surface area contributed by atoms with Crippen molar-refractivity contribution in [3.8, 4) is 0 Å². The fraction of sp³-hybridized carbons (Fsp3) is 0.312. The van der Waals surface area contributed by atoms with E-state index in [2.05, 4.69) is 80.6 Å². The van der Waals surface area contributed by atoms with Crippen LogP contribution in [0.3, 0.4) is 0 Å². The van der Waals surface area contributed by atoms with E-state index in [0.29, 0.717) is 0 Å². The van der Waals surface area contributed by atoms with Crippen LogP contribution in [-0.2, 0) is 5.41 Å². The Labute approximate surface area is 199 Å². The maximum absolute atomic E-state index is 11.2. The number of rotatable bonds is 10. The highest BCUT2D eigenvalue weighted by atomic mass is 16.3. The molecular weight excluding hydrogens is 400 g/mol. The van der Waals surface area contributed by atoms with Crippen LogP contribution >= 0.6 is 0 Å². The highest BCUT2D eigenvalue weighted by molar-refractivity contribution is 5.81. The second-order valence-corrected chi connectivity index (χ2v) is 9.10. The molecule has 1 unspecified atom stereocenters. The van der Waals surface area contributed by atoms with E-state index in [-0.39, 0.29) is 5.41 Å². The van der Waals surface area contributed by atoms with E-state index in [0.717, 1.165) is 18.4 Å². The molecule has 0 aliphatic heterocycles. The fourth-order valence-corrected chi connectivity index (χ4v) is 5.17. The summed E-state index contributed by atoms with van der Waals surface area (Å²) in [6, 6.07) is 31.7. The summed E-state index contributed by atoms with van der Waals surface area (Å²) >= 11 is 0. The van der Waals surface area contributed by atoms with Crippen LogP contribution in [0.1, 0.15) is 75.2 Å². The Hall–Kier alpha value is -2.90. The lowest BCUT2D eigenvalue weighted by molar-refractivity contribution is 0.228. The van der Waals surface area contributed by atoms with Crippen LogP contribution in [0, 0.1) is 0 Å². The van der Waals surface area contributed by atoms with Crippen molar-refractivity contribution in [3.05, 3.63) is 130 Å². The van der Waals surface area contributed by atoms with Crippen molar-refractivity contribution in [2.24, 2.45) is 0 Å². The van der Waals surface area contributed by atoms with Crippen molar-refractivity contribution in [1.29, 1.82) is 0 Å². The molecule has 0 aromatic heterocycles. The van der Waals surface area contributed by atoms with E-state index in [1.54, 1.807) is 5.57 Å². The second kappa shape index (κ2) is 10.8. The molecule has 1 aliphatic rings. The van der Waals surface area contributed by atoms with Crippen molar-refractivity contribution >= 4 is 0 Å². The Morgan fingerprint density at radius 1 is 0.727 bits per heavy atom. The van der Waals surface area contributed by atoms with Crippen LogP contribution in [0.4, 0.5) is 0 Å². The molecule has 1 saturated carbocycles. The van der Waals surface area contributed by atoms with E-state index in [4.69, 9.17) is 0 Å². The van der Waals surface area contributed by atoms with Crippen LogP contribution < -0.4 is 0 Å². The molecule has 170 valence electrons. The van der Waals surface area contributed by atoms with E-state index >= 15 is 0 Å². The van der Waals surface area contributed by atoms with Gasteiger partial charge in [-0.2, -0.15) is 0 Å². The van der Waals surface area contributed by atoms with Gasteiger partial charge in [0.2, 0.25) is 0 Å². The minimum absolute atomic E-state index is 0.269. The number of aliphatic hydroxyl groups excluding tert-OH is 1. The van der Waals surface area contributed by atoms with Gasteiger partial charge in [0.25, 0.3) is 0 Å². The highest BCUT2D eigenvalue weighted by Gasteiger charge is 2.58. The summed E-state index contributed by atoms with van der Waals surface area (Å²) in [5, 5.41) is 11.2. The number of hydrogen-bond acceptors (Lipinski definition) is 1. The molecule has 1 atom stereocenters. The maximum Gasteiger partial charge on any atom is 0.0978 e. The Bertz CT molecular complexity index is 1030. The number of allylic oxidation sites excluding steroid dienone is 3. The zero-order valence-corrected chi connectivity index (χ0v) is 20.0. The molecule has 4 rings (SSSR count). The third-order valence-corrected chi connectivity index (χ3v) is 6.88. The van der Waals surface area contributed by atoms with Gasteiger partial charge >= 0.3 is 0 Å². The fourth-order valence-electron chi connectivity index (χ4n) is 5.17. The second-order valence-electron chi connectivity index (χ2n) is 9.10.